The first-order valence-corrected chi connectivity index (χ1v) is 5.83. The Morgan fingerprint density at radius 3 is 2.39 bits per heavy atom. The zero-order valence-electron chi connectivity index (χ0n) is 10.8. The maximum absolute atomic E-state index is 11.8. The molecule has 1 aromatic carbocycles. The number of hydrogen-bond donors (Lipinski definition) is 1. The first kappa shape index (κ1) is 12.4. The van der Waals surface area contributed by atoms with Gasteiger partial charge in [0.15, 0.2) is 0 Å². The minimum atomic E-state index is -0.0895. The van der Waals surface area contributed by atoms with Crippen LogP contribution in [-0.2, 0) is 11.2 Å². The highest BCUT2D eigenvalue weighted by Gasteiger charge is 2.08. The van der Waals surface area contributed by atoms with Gasteiger partial charge in [-0.2, -0.15) is 0 Å². The largest absolute Gasteiger partial charge is 0.361 e. The summed E-state index contributed by atoms with van der Waals surface area (Å²) in [6.45, 7) is 5.81. The van der Waals surface area contributed by atoms with Crippen LogP contribution in [0.2, 0.25) is 0 Å². The van der Waals surface area contributed by atoms with Gasteiger partial charge in [0.05, 0.1) is 12.1 Å². The Labute approximate surface area is 106 Å². The minimum absolute atomic E-state index is 0.0895. The SMILES string of the molecule is Cc1cc(C)cc(NC(=O)Cc2cc(C)on2)c1. The third-order valence-electron chi connectivity index (χ3n) is 2.52. The quantitative estimate of drug-likeness (QED) is 0.903. The number of hydrogen-bond acceptors (Lipinski definition) is 3. The van der Waals surface area contributed by atoms with E-state index in [0.29, 0.717) is 11.5 Å². The number of rotatable bonds is 3. The molecule has 2 rings (SSSR count). The molecule has 0 aliphatic carbocycles. The Balaban J connectivity index is 2.02. The number of carbonyl (C=O) groups is 1. The summed E-state index contributed by atoms with van der Waals surface area (Å²) in [5.41, 5.74) is 3.72. The number of aryl methyl sites for hydroxylation is 3. The molecule has 0 bridgehead atoms. The fraction of sp³-hybridized carbons (Fsp3) is 0.286. The predicted octanol–water partition coefficient (Wildman–Crippen LogP) is 2.78. The second kappa shape index (κ2) is 5.04. The van der Waals surface area contributed by atoms with Crippen molar-refractivity contribution in [3.63, 3.8) is 0 Å². The number of benzene rings is 1. The second-order valence-corrected chi connectivity index (χ2v) is 4.53. The van der Waals surface area contributed by atoms with Gasteiger partial charge in [0, 0.05) is 11.8 Å². The summed E-state index contributed by atoms with van der Waals surface area (Å²) >= 11 is 0. The summed E-state index contributed by atoms with van der Waals surface area (Å²) in [4.78, 5) is 11.8. The van der Waals surface area contributed by atoms with Crippen molar-refractivity contribution >= 4 is 11.6 Å². The predicted molar refractivity (Wildman–Crippen MR) is 69.5 cm³/mol. The molecule has 0 radical (unpaired) electrons. The zero-order valence-corrected chi connectivity index (χ0v) is 10.8. The average Bonchev–Trinajstić information content (AvgIpc) is 2.61. The third-order valence-corrected chi connectivity index (χ3v) is 2.52. The molecule has 0 spiro atoms. The summed E-state index contributed by atoms with van der Waals surface area (Å²) < 4.78 is 4.92. The number of nitrogens with zero attached hydrogens (tertiary/aromatic N) is 1. The lowest BCUT2D eigenvalue weighted by Crippen LogP contribution is -2.14. The standard InChI is InChI=1S/C14H16N2O2/c1-9-4-10(2)6-12(5-9)15-14(17)8-13-7-11(3)18-16-13/h4-7H,8H2,1-3H3,(H,15,17). The maximum atomic E-state index is 11.8. The van der Waals surface area contributed by atoms with Crippen LogP contribution in [0.25, 0.3) is 0 Å². The van der Waals surface area contributed by atoms with Gasteiger partial charge in [0.2, 0.25) is 5.91 Å². The van der Waals surface area contributed by atoms with E-state index in [1.54, 1.807) is 13.0 Å². The van der Waals surface area contributed by atoms with Gasteiger partial charge < -0.3 is 9.84 Å². The lowest BCUT2D eigenvalue weighted by molar-refractivity contribution is -0.115. The Kier molecular flexibility index (Phi) is 3.46. The van der Waals surface area contributed by atoms with Crippen molar-refractivity contribution in [3.8, 4) is 0 Å². The molecule has 0 saturated carbocycles. The van der Waals surface area contributed by atoms with E-state index in [0.717, 1.165) is 16.8 Å². The second-order valence-electron chi connectivity index (χ2n) is 4.53. The molecule has 0 atom stereocenters. The van der Waals surface area contributed by atoms with Gasteiger partial charge in [-0.05, 0) is 44.0 Å². The molecule has 2 aromatic rings. The maximum Gasteiger partial charge on any atom is 0.230 e. The summed E-state index contributed by atoms with van der Waals surface area (Å²) in [6.07, 6.45) is 0.227. The van der Waals surface area contributed by atoms with Gasteiger partial charge in [0.1, 0.15) is 5.76 Å². The first-order chi connectivity index (χ1) is 8.52. The summed E-state index contributed by atoms with van der Waals surface area (Å²) in [5.74, 6) is 0.623. The molecule has 4 nitrogen and oxygen atoms in total. The molecular formula is C14H16N2O2. The fourth-order valence-corrected chi connectivity index (χ4v) is 1.92. The van der Waals surface area contributed by atoms with E-state index in [1.807, 2.05) is 26.0 Å². The van der Waals surface area contributed by atoms with E-state index in [9.17, 15) is 4.79 Å². The molecule has 0 aliphatic rings. The van der Waals surface area contributed by atoms with Crippen LogP contribution in [0.4, 0.5) is 5.69 Å². The highest BCUT2D eigenvalue weighted by molar-refractivity contribution is 5.92. The van der Waals surface area contributed by atoms with Crippen LogP contribution in [0.15, 0.2) is 28.8 Å². The van der Waals surface area contributed by atoms with Crippen LogP contribution in [-0.4, -0.2) is 11.1 Å². The minimum Gasteiger partial charge on any atom is -0.361 e. The molecule has 18 heavy (non-hydrogen) atoms. The van der Waals surface area contributed by atoms with Gasteiger partial charge in [-0.1, -0.05) is 11.2 Å². The number of anilines is 1. The van der Waals surface area contributed by atoms with Crippen molar-refractivity contribution in [2.24, 2.45) is 0 Å². The lowest BCUT2D eigenvalue weighted by atomic mass is 10.1. The van der Waals surface area contributed by atoms with Crippen LogP contribution in [0.1, 0.15) is 22.6 Å². The first-order valence-electron chi connectivity index (χ1n) is 5.83. The van der Waals surface area contributed by atoms with Gasteiger partial charge in [-0.3, -0.25) is 4.79 Å². The number of aromatic nitrogens is 1. The third kappa shape index (κ3) is 3.20. The normalized spacial score (nSPS) is 10.4. The van der Waals surface area contributed by atoms with Gasteiger partial charge >= 0.3 is 0 Å². The topological polar surface area (TPSA) is 55.1 Å². The van der Waals surface area contributed by atoms with Gasteiger partial charge in [0.25, 0.3) is 0 Å². The Hall–Kier alpha value is -2.10. The molecule has 1 N–H and O–H groups in total. The summed E-state index contributed by atoms with van der Waals surface area (Å²) in [5, 5.41) is 6.66. The highest BCUT2D eigenvalue weighted by Crippen LogP contribution is 2.14. The molecule has 0 unspecified atom stereocenters. The van der Waals surface area contributed by atoms with E-state index in [-0.39, 0.29) is 12.3 Å². The van der Waals surface area contributed by atoms with Crippen LogP contribution in [0.5, 0.6) is 0 Å². The summed E-state index contributed by atoms with van der Waals surface area (Å²) in [6, 6.07) is 7.72. The van der Waals surface area contributed by atoms with E-state index in [1.165, 1.54) is 0 Å². The average molecular weight is 244 g/mol. The van der Waals surface area contributed by atoms with Crippen LogP contribution in [0, 0.1) is 20.8 Å². The number of nitrogens with one attached hydrogen (secondary N) is 1. The molecule has 0 aliphatic heterocycles. The number of carbonyl (C=O) groups excluding carboxylic acids is 1. The van der Waals surface area contributed by atoms with Crippen molar-refractivity contribution in [1.82, 2.24) is 5.16 Å². The van der Waals surface area contributed by atoms with Gasteiger partial charge in [-0.15, -0.1) is 0 Å². The van der Waals surface area contributed by atoms with Crippen LogP contribution >= 0.6 is 0 Å². The van der Waals surface area contributed by atoms with Crippen molar-refractivity contribution in [1.29, 1.82) is 0 Å². The van der Waals surface area contributed by atoms with E-state index in [4.69, 9.17) is 4.52 Å². The van der Waals surface area contributed by atoms with E-state index in [2.05, 4.69) is 16.5 Å². The van der Waals surface area contributed by atoms with Crippen molar-refractivity contribution in [3.05, 3.63) is 46.8 Å². The van der Waals surface area contributed by atoms with Gasteiger partial charge in [-0.25, -0.2) is 0 Å². The van der Waals surface area contributed by atoms with E-state index < -0.39 is 0 Å². The van der Waals surface area contributed by atoms with Crippen molar-refractivity contribution in [2.45, 2.75) is 27.2 Å². The van der Waals surface area contributed by atoms with E-state index >= 15 is 0 Å². The molecule has 0 saturated heterocycles. The Morgan fingerprint density at radius 1 is 1.17 bits per heavy atom. The zero-order chi connectivity index (χ0) is 13.1. The Morgan fingerprint density at radius 2 is 1.83 bits per heavy atom. The number of amides is 1. The highest BCUT2D eigenvalue weighted by atomic mass is 16.5. The monoisotopic (exact) mass is 244 g/mol. The molecule has 4 heteroatoms. The summed E-state index contributed by atoms with van der Waals surface area (Å²) in [7, 11) is 0. The molecule has 1 amide bonds. The molecule has 1 aromatic heterocycles. The molecule has 1 heterocycles. The molecule has 94 valence electrons. The van der Waals surface area contributed by atoms with Crippen LogP contribution < -0.4 is 5.32 Å². The smallest absolute Gasteiger partial charge is 0.230 e. The molecular weight excluding hydrogens is 228 g/mol. The fourth-order valence-electron chi connectivity index (χ4n) is 1.92. The molecule has 0 fully saturated rings. The Bertz CT molecular complexity index is 553. The lowest BCUT2D eigenvalue weighted by Gasteiger charge is -2.06. The van der Waals surface area contributed by atoms with Crippen molar-refractivity contribution < 1.29 is 9.32 Å². The van der Waals surface area contributed by atoms with Crippen molar-refractivity contribution in [2.75, 3.05) is 5.32 Å². The van der Waals surface area contributed by atoms with Crippen LogP contribution in [0.3, 0.4) is 0 Å².